The van der Waals surface area contributed by atoms with E-state index in [1.54, 1.807) is 35.2 Å². The highest BCUT2D eigenvalue weighted by molar-refractivity contribution is 5.96. The van der Waals surface area contributed by atoms with E-state index in [-0.39, 0.29) is 31.1 Å². The molecule has 2 aliphatic heterocycles. The summed E-state index contributed by atoms with van der Waals surface area (Å²) in [4.78, 5) is 26.3. The molecule has 0 aliphatic carbocycles. The van der Waals surface area contributed by atoms with E-state index in [1.807, 2.05) is 19.1 Å². The molecule has 2 aromatic rings. The SMILES string of the molecule is CCOc1ccc(OCC(=O)NCC2CC(=O)N(c3ccc4c(c3)OCO4)C2)cc1. The first-order valence-electron chi connectivity index (χ1n) is 9.94. The standard InChI is InChI=1S/C22H24N2O6/c1-2-27-17-4-6-18(7-5-17)28-13-21(25)23-11-15-9-22(26)24(12-15)16-3-8-19-20(10-16)30-14-29-19/h3-8,10,15H,2,9,11-14H2,1H3,(H,23,25). The Kier molecular flexibility index (Phi) is 5.92. The predicted octanol–water partition coefficient (Wildman–Crippen LogP) is 2.36. The van der Waals surface area contributed by atoms with E-state index in [2.05, 4.69) is 5.32 Å². The summed E-state index contributed by atoms with van der Waals surface area (Å²) in [5.74, 6) is 2.52. The van der Waals surface area contributed by atoms with Crippen molar-refractivity contribution in [3.8, 4) is 23.0 Å². The lowest BCUT2D eigenvalue weighted by Gasteiger charge is -2.17. The van der Waals surface area contributed by atoms with Crippen LogP contribution < -0.4 is 29.2 Å². The fourth-order valence-corrected chi connectivity index (χ4v) is 3.48. The number of anilines is 1. The topological polar surface area (TPSA) is 86.3 Å². The molecule has 0 radical (unpaired) electrons. The summed E-state index contributed by atoms with van der Waals surface area (Å²) in [6.07, 6.45) is 0.383. The van der Waals surface area contributed by atoms with Crippen LogP contribution in [-0.2, 0) is 9.59 Å². The molecule has 8 heteroatoms. The molecule has 0 aromatic heterocycles. The molecule has 2 heterocycles. The van der Waals surface area contributed by atoms with Crippen molar-refractivity contribution < 1.29 is 28.5 Å². The maximum absolute atomic E-state index is 12.4. The van der Waals surface area contributed by atoms with Crippen LogP contribution in [0.4, 0.5) is 5.69 Å². The Bertz CT molecular complexity index is 914. The third kappa shape index (κ3) is 4.59. The fraction of sp³-hybridized carbons (Fsp3) is 0.364. The van der Waals surface area contributed by atoms with Gasteiger partial charge in [0.2, 0.25) is 12.7 Å². The second-order valence-electron chi connectivity index (χ2n) is 7.11. The highest BCUT2D eigenvalue weighted by Gasteiger charge is 2.31. The zero-order valence-corrected chi connectivity index (χ0v) is 16.8. The van der Waals surface area contributed by atoms with Gasteiger partial charge in [0.05, 0.1) is 6.61 Å². The van der Waals surface area contributed by atoms with E-state index in [9.17, 15) is 9.59 Å². The van der Waals surface area contributed by atoms with E-state index in [0.717, 1.165) is 11.4 Å². The van der Waals surface area contributed by atoms with Crippen molar-refractivity contribution in [3.05, 3.63) is 42.5 Å². The van der Waals surface area contributed by atoms with Crippen LogP contribution in [0.5, 0.6) is 23.0 Å². The summed E-state index contributed by atoms with van der Waals surface area (Å²) < 4.78 is 21.6. The van der Waals surface area contributed by atoms with Crippen molar-refractivity contribution >= 4 is 17.5 Å². The minimum absolute atomic E-state index is 0.0266. The minimum atomic E-state index is -0.224. The van der Waals surface area contributed by atoms with Crippen molar-refractivity contribution in [2.75, 3.05) is 38.0 Å². The molecule has 4 rings (SSSR count). The first-order chi connectivity index (χ1) is 14.6. The van der Waals surface area contributed by atoms with Gasteiger partial charge in [-0.15, -0.1) is 0 Å². The first-order valence-corrected chi connectivity index (χ1v) is 9.94. The van der Waals surface area contributed by atoms with E-state index < -0.39 is 0 Å². The largest absolute Gasteiger partial charge is 0.494 e. The van der Waals surface area contributed by atoms with E-state index in [1.165, 1.54) is 0 Å². The number of nitrogens with zero attached hydrogens (tertiary/aromatic N) is 1. The lowest BCUT2D eigenvalue weighted by atomic mass is 10.1. The summed E-state index contributed by atoms with van der Waals surface area (Å²) in [5.41, 5.74) is 0.775. The molecule has 1 fully saturated rings. The molecule has 1 saturated heterocycles. The molecule has 2 aliphatic rings. The third-order valence-corrected chi connectivity index (χ3v) is 4.97. The number of nitrogens with one attached hydrogen (secondary N) is 1. The van der Waals surface area contributed by atoms with Crippen molar-refractivity contribution in [3.63, 3.8) is 0 Å². The normalized spacial score (nSPS) is 17.2. The van der Waals surface area contributed by atoms with Gasteiger partial charge in [-0.2, -0.15) is 0 Å². The summed E-state index contributed by atoms with van der Waals surface area (Å²) in [6.45, 7) is 3.58. The Morgan fingerprint density at radius 2 is 1.83 bits per heavy atom. The molecular weight excluding hydrogens is 388 g/mol. The Morgan fingerprint density at radius 3 is 2.60 bits per heavy atom. The predicted molar refractivity (Wildman–Crippen MR) is 109 cm³/mol. The molecule has 2 aromatic carbocycles. The molecule has 2 amide bonds. The second-order valence-corrected chi connectivity index (χ2v) is 7.11. The van der Waals surface area contributed by atoms with Gasteiger partial charge in [-0.3, -0.25) is 9.59 Å². The van der Waals surface area contributed by atoms with Crippen molar-refractivity contribution in [2.45, 2.75) is 13.3 Å². The molecule has 30 heavy (non-hydrogen) atoms. The van der Waals surface area contributed by atoms with Crippen molar-refractivity contribution in [2.24, 2.45) is 5.92 Å². The summed E-state index contributed by atoms with van der Waals surface area (Å²) in [5, 5.41) is 2.85. The number of fused-ring (bicyclic) bond motifs is 1. The van der Waals surface area contributed by atoms with Crippen LogP contribution in [0.3, 0.4) is 0 Å². The number of carbonyl (C=O) groups excluding carboxylic acids is 2. The average Bonchev–Trinajstić information content (AvgIpc) is 3.37. The van der Waals surface area contributed by atoms with Gasteiger partial charge in [0.15, 0.2) is 18.1 Å². The van der Waals surface area contributed by atoms with Crippen molar-refractivity contribution in [1.29, 1.82) is 0 Å². The van der Waals surface area contributed by atoms with Gasteiger partial charge in [0, 0.05) is 37.2 Å². The average molecular weight is 412 g/mol. The first kappa shape index (κ1) is 19.9. The molecular formula is C22H24N2O6. The maximum atomic E-state index is 12.4. The Balaban J connectivity index is 1.23. The lowest BCUT2D eigenvalue weighted by Crippen LogP contribution is -2.34. The smallest absolute Gasteiger partial charge is 0.257 e. The maximum Gasteiger partial charge on any atom is 0.257 e. The number of hydrogen-bond donors (Lipinski definition) is 1. The Hall–Kier alpha value is -3.42. The van der Waals surface area contributed by atoms with Gasteiger partial charge in [0.1, 0.15) is 11.5 Å². The van der Waals surface area contributed by atoms with E-state index >= 15 is 0 Å². The molecule has 0 bridgehead atoms. The van der Waals surface area contributed by atoms with Gasteiger partial charge in [-0.1, -0.05) is 0 Å². The Morgan fingerprint density at radius 1 is 1.10 bits per heavy atom. The number of amides is 2. The minimum Gasteiger partial charge on any atom is -0.494 e. The fourth-order valence-electron chi connectivity index (χ4n) is 3.48. The number of rotatable bonds is 8. The molecule has 1 unspecified atom stereocenters. The monoisotopic (exact) mass is 412 g/mol. The summed E-state index contributed by atoms with van der Waals surface area (Å²) in [6, 6.07) is 12.6. The summed E-state index contributed by atoms with van der Waals surface area (Å²) >= 11 is 0. The molecule has 1 N–H and O–H groups in total. The second kappa shape index (κ2) is 8.94. The number of benzene rings is 2. The van der Waals surface area contributed by atoms with E-state index in [0.29, 0.717) is 43.4 Å². The highest BCUT2D eigenvalue weighted by atomic mass is 16.7. The molecule has 158 valence electrons. The van der Waals surface area contributed by atoms with Crippen LogP contribution in [0, 0.1) is 5.92 Å². The van der Waals surface area contributed by atoms with Crippen LogP contribution in [0.2, 0.25) is 0 Å². The molecule has 8 nitrogen and oxygen atoms in total. The zero-order chi connectivity index (χ0) is 20.9. The molecule has 0 saturated carbocycles. The number of carbonyl (C=O) groups is 2. The van der Waals surface area contributed by atoms with Gasteiger partial charge >= 0.3 is 0 Å². The van der Waals surface area contributed by atoms with Crippen LogP contribution >= 0.6 is 0 Å². The molecule has 0 spiro atoms. The van der Waals surface area contributed by atoms with Gasteiger partial charge in [-0.25, -0.2) is 0 Å². The number of ether oxygens (including phenoxy) is 4. The quantitative estimate of drug-likeness (QED) is 0.716. The zero-order valence-electron chi connectivity index (χ0n) is 16.8. The Labute approximate surface area is 174 Å². The molecule has 1 atom stereocenters. The van der Waals surface area contributed by atoms with Gasteiger partial charge < -0.3 is 29.2 Å². The van der Waals surface area contributed by atoms with Crippen LogP contribution in [0.25, 0.3) is 0 Å². The highest BCUT2D eigenvalue weighted by Crippen LogP contribution is 2.37. The van der Waals surface area contributed by atoms with Crippen LogP contribution in [0.15, 0.2) is 42.5 Å². The number of hydrogen-bond acceptors (Lipinski definition) is 6. The van der Waals surface area contributed by atoms with Crippen LogP contribution in [0.1, 0.15) is 13.3 Å². The lowest BCUT2D eigenvalue weighted by molar-refractivity contribution is -0.123. The third-order valence-electron chi connectivity index (χ3n) is 4.97. The van der Waals surface area contributed by atoms with Crippen molar-refractivity contribution in [1.82, 2.24) is 5.32 Å². The van der Waals surface area contributed by atoms with Gasteiger partial charge in [-0.05, 0) is 43.3 Å². The van der Waals surface area contributed by atoms with E-state index in [4.69, 9.17) is 18.9 Å². The summed E-state index contributed by atoms with van der Waals surface area (Å²) in [7, 11) is 0. The van der Waals surface area contributed by atoms with Gasteiger partial charge in [0.25, 0.3) is 5.91 Å². The van der Waals surface area contributed by atoms with Crippen LogP contribution in [-0.4, -0.2) is 44.9 Å².